The second kappa shape index (κ2) is 5.56. The maximum atomic E-state index is 12.2. The Morgan fingerprint density at radius 2 is 2.25 bits per heavy atom. The molecule has 0 aromatic carbocycles. The van der Waals surface area contributed by atoms with Gasteiger partial charge in [0.05, 0.1) is 6.20 Å². The van der Waals surface area contributed by atoms with Gasteiger partial charge in [-0.2, -0.15) is 0 Å². The van der Waals surface area contributed by atoms with E-state index in [0.29, 0.717) is 5.76 Å². The Bertz CT molecular complexity index is 472. The summed E-state index contributed by atoms with van der Waals surface area (Å²) in [7, 11) is 0. The SMILES string of the molecule is Cc1cnoc1C(=O)NC1CCNC2(CCCCC2)C1. The molecule has 1 aliphatic heterocycles. The molecule has 1 saturated carbocycles. The Labute approximate surface area is 119 Å². The van der Waals surface area contributed by atoms with Crippen LogP contribution in [0.5, 0.6) is 0 Å². The van der Waals surface area contributed by atoms with E-state index >= 15 is 0 Å². The Morgan fingerprint density at radius 1 is 1.45 bits per heavy atom. The lowest BCUT2D eigenvalue weighted by Crippen LogP contribution is -2.57. The van der Waals surface area contributed by atoms with E-state index in [9.17, 15) is 4.79 Å². The van der Waals surface area contributed by atoms with E-state index in [1.165, 1.54) is 32.1 Å². The molecule has 2 aliphatic rings. The molecule has 1 aromatic heterocycles. The van der Waals surface area contributed by atoms with Gasteiger partial charge in [-0.1, -0.05) is 24.4 Å². The molecular formula is C15H23N3O2. The first-order valence-electron chi connectivity index (χ1n) is 7.66. The van der Waals surface area contributed by atoms with Crippen molar-refractivity contribution in [2.24, 2.45) is 0 Å². The molecule has 5 heteroatoms. The highest BCUT2D eigenvalue weighted by Crippen LogP contribution is 2.34. The fourth-order valence-corrected chi connectivity index (χ4v) is 3.65. The van der Waals surface area contributed by atoms with Crippen LogP contribution in [0.1, 0.15) is 61.1 Å². The van der Waals surface area contributed by atoms with Gasteiger partial charge in [-0.15, -0.1) is 0 Å². The van der Waals surface area contributed by atoms with Gasteiger partial charge in [0.2, 0.25) is 5.76 Å². The number of amides is 1. The molecule has 2 fully saturated rings. The minimum absolute atomic E-state index is 0.127. The first kappa shape index (κ1) is 13.6. The normalized spacial score (nSPS) is 25.6. The molecule has 1 saturated heterocycles. The summed E-state index contributed by atoms with van der Waals surface area (Å²) < 4.78 is 5.03. The minimum atomic E-state index is -0.127. The lowest BCUT2D eigenvalue weighted by molar-refractivity contribution is 0.0855. The molecule has 2 N–H and O–H groups in total. The standard InChI is InChI=1S/C15H23N3O2/c1-11-10-17-20-13(11)14(19)18-12-5-8-16-15(9-12)6-3-2-4-7-15/h10,12,16H,2-9H2,1H3,(H,18,19). The monoisotopic (exact) mass is 277 g/mol. The second-order valence-corrected chi connectivity index (χ2v) is 6.27. The average Bonchev–Trinajstić information content (AvgIpc) is 2.86. The van der Waals surface area contributed by atoms with Gasteiger partial charge >= 0.3 is 0 Å². The molecule has 0 bridgehead atoms. The molecule has 1 aromatic rings. The average molecular weight is 277 g/mol. The van der Waals surface area contributed by atoms with E-state index in [2.05, 4.69) is 15.8 Å². The van der Waals surface area contributed by atoms with Crippen molar-refractivity contribution in [3.05, 3.63) is 17.5 Å². The third kappa shape index (κ3) is 2.73. The van der Waals surface area contributed by atoms with Crippen LogP contribution in [0.15, 0.2) is 10.7 Å². The van der Waals surface area contributed by atoms with Crippen LogP contribution in [0.4, 0.5) is 0 Å². The summed E-state index contributed by atoms with van der Waals surface area (Å²) in [4.78, 5) is 12.2. The summed E-state index contributed by atoms with van der Waals surface area (Å²) in [5.41, 5.74) is 1.05. The van der Waals surface area contributed by atoms with Gasteiger partial charge in [0.15, 0.2) is 0 Å². The van der Waals surface area contributed by atoms with Crippen molar-refractivity contribution in [3.63, 3.8) is 0 Å². The Kier molecular flexibility index (Phi) is 3.78. The zero-order valence-electron chi connectivity index (χ0n) is 12.1. The van der Waals surface area contributed by atoms with Gasteiger partial charge in [-0.3, -0.25) is 4.79 Å². The first-order chi connectivity index (χ1) is 9.69. The summed E-state index contributed by atoms with van der Waals surface area (Å²) in [6, 6.07) is 0.242. The van der Waals surface area contributed by atoms with E-state index in [0.717, 1.165) is 24.9 Å². The van der Waals surface area contributed by atoms with Crippen LogP contribution in [-0.2, 0) is 0 Å². The number of piperidine rings is 1. The van der Waals surface area contributed by atoms with Gasteiger partial charge < -0.3 is 15.2 Å². The van der Waals surface area contributed by atoms with E-state index in [-0.39, 0.29) is 17.5 Å². The number of nitrogens with one attached hydrogen (secondary N) is 2. The summed E-state index contributed by atoms with van der Waals surface area (Å²) >= 11 is 0. The van der Waals surface area contributed by atoms with Gasteiger partial charge in [0.1, 0.15) is 0 Å². The number of carbonyl (C=O) groups excluding carboxylic acids is 1. The van der Waals surface area contributed by atoms with Crippen LogP contribution in [0.2, 0.25) is 0 Å². The maximum absolute atomic E-state index is 12.2. The Morgan fingerprint density at radius 3 is 2.95 bits per heavy atom. The molecule has 1 spiro atoms. The molecule has 110 valence electrons. The zero-order chi connectivity index (χ0) is 14.0. The number of nitrogens with zero attached hydrogens (tertiary/aromatic N) is 1. The predicted molar refractivity (Wildman–Crippen MR) is 75.5 cm³/mol. The quantitative estimate of drug-likeness (QED) is 0.869. The lowest BCUT2D eigenvalue weighted by Gasteiger charge is -2.44. The number of rotatable bonds is 2. The van der Waals surface area contributed by atoms with E-state index in [1.54, 1.807) is 6.20 Å². The highest BCUT2D eigenvalue weighted by atomic mass is 16.5. The first-order valence-corrected chi connectivity index (χ1v) is 7.66. The largest absolute Gasteiger partial charge is 0.351 e. The second-order valence-electron chi connectivity index (χ2n) is 6.27. The van der Waals surface area contributed by atoms with Crippen LogP contribution in [0.25, 0.3) is 0 Å². The number of hydrogen-bond acceptors (Lipinski definition) is 4. The van der Waals surface area contributed by atoms with E-state index < -0.39 is 0 Å². The fourth-order valence-electron chi connectivity index (χ4n) is 3.65. The topological polar surface area (TPSA) is 67.2 Å². The maximum Gasteiger partial charge on any atom is 0.290 e. The molecule has 1 unspecified atom stereocenters. The molecule has 1 atom stereocenters. The lowest BCUT2D eigenvalue weighted by atomic mass is 9.75. The van der Waals surface area contributed by atoms with Crippen LogP contribution in [-0.4, -0.2) is 29.2 Å². The number of hydrogen-bond donors (Lipinski definition) is 2. The van der Waals surface area contributed by atoms with Crippen LogP contribution < -0.4 is 10.6 Å². The van der Waals surface area contributed by atoms with Gasteiger partial charge in [-0.25, -0.2) is 0 Å². The number of carbonyl (C=O) groups is 1. The molecule has 3 rings (SSSR count). The zero-order valence-corrected chi connectivity index (χ0v) is 12.1. The molecular weight excluding hydrogens is 254 g/mol. The number of aryl methyl sites for hydroxylation is 1. The molecule has 5 nitrogen and oxygen atoms in total. The van der Waals surface area contributed by atoms with Crippen molar-refractivity contribution in [1.82, 2.24) is 15.8 Å². The van der Waals surface area contributed by atoms with Crippen molar-refractivity contribution in [2.45, 2.75) is 63.5 Å². The predicted octanol–water partition coefficient (Wildman–Crippen LogP) is 2.17. The highest BCUT2D eigenvalue weighted by Gasteiger charge is 2.37. The molecule has 20 heavy (non-hydrogen) atoms. The van der Waals surface area contributed by atoms with Crippen molar-refractivity contribution in [2.75, 3.05) is 6.54 Å². The minimum Gasteiger partial charge on any atom is -0.351 e. The molecule has 1 aliphatic carbocycles. The van der Waals surface area contributed by atoms with Gasteiger partial charge in [0, 0.05) is 17.1 Å². The summed E-state index contributed by atoms with van der Waals surface area (Å²) in [5, 5.41) is 10.5. The van der Waals surface area contributed by atoms with Crippen LogP contribution in [0, 0.1) is 6.92 Å². The highest BCUT2D eigenvalue weighted by molar-refractivity contribution is 5.92. The van der Waals surface area contributed by atoms with Gasteiger partial charge in [0.25, 0.3) is 5.91 Å². The third-order valence-corrected chi connectivity index (χ3v) is 4.73. The van der Waals surface area contributed by atoms with Crippen LogP contribution in [0.3, 0.4) is 0 Å². The smallest absolute Gasteiger partial charge is 0.290 e. The van der Waals surface area contributed by atoms with Crippen molar-refractivity contribution in [3.8, 4) is 0 Å². The van der Waals surface area contributed by atoms with E-state index in [4.69, 9.17) is 4.52 Å². The Balaban J connectivity index is 1.63. The molecule has 1 amide bonds. The third-order valence-electron chi connectivity index (χ3n) is 4.73. The number of aromatic nitrogens is 1. The Hall–Kier alpha value is -1.36. The van der Waals surface area contributed by atoms with E-state index in [1.807, 2.05) is 6.92 Å². The molecule has 0 radical (unpaired) electrons. The van der Waals surface area contributed by atoms with Crippen molar-refractivity contribution < 1.29 is 9.32 Å². The fraction of sp³-hybridized carbons (Fsp3) is 0.733. The summed E-state index contributed by atoms with van der Waals surface area (Å²) in [6.45, 7) is 2.83. The van der Waals surface area contributed by atoms with Crippen LogP contribution >= 0.6 is 0 Å². The van der Waals surface area contributed by atoms with Gasteiger partial charge in [-0.05, 0) is 39.2 Å². The van der Waals surface area contributed by atoms with Crippen molar-refractivity contribution in [1.29, 1.82) is 0 Å². The summed E-state index contributed by atoms with van der Waals surface area (Å²) in [6.07, 6.45) is 10.0. The molecule has 2 heterocycles. The summed E-state index contributed by atoms with van der Waals surface area (Å²) in [5.74, 6) is 0.221. The van der Waals surface area contributed by atoms with Crippen molar-refractivity contribution >= 4 is 5.91 Å².